The second kappa shape index (κ2) is 7.66. The minimum absolute atomic E-state index is 0.0998. The molecular formula is C17H21NO4. The summed E-state index contributed by atoms with van der Waals surface area (Å²) in [5.74, 6) is 1.06. The second-order valence-corrected chi connectivity index (χ2v) is 5.27. The van der Waals surface area contributed by atoms with Crippen molar-refractivity contribution in [1.82, 2.24) is 5.32 Å². The Kier molecular flexibility index (Phi) is 5.61. The molecule has 0 spiro atoms. The average molecular weight is 303 g/mol. The third-order valence-electron chi connectivity index (χ3n) is 3.06. The molecule has 2 rings (SSSR count). The molecule has 0 aliphatic carbocycles. The molecule has 0 bridgehead atoms. The van der Waals surface area contributed by atoms with E-state index >= 15 is 0 Å². The fraction of sp³-hybridized carbons (Fsp3) is 0.353. The van der Waals surface area contributed by atoms with Crippen LogP contribution < -0.4 is 10.1 Å². The van der Waals surface area contributed by atoms with E-state index in [4.69, 9.17) is 9.15 Å². The summed E-state index contributed by atoms with van der Waals surface area (Å²) < 4.78 is 10.6. The number of furan rings is 1. The van der Waals surface area contributed by atoms with Gasteiger partial charge >= 0.3 is 0 Å². The van der Waals surface area contributed by atoms with Gasteiger partial charge in [0, 0.05) is 12.1 Å². The van der Waals surface area contributed by atoms with Gasteiger partial charge in [-0.05, 0) is 56.7 Å². The molecule has 118 valence electrons. The van der Waals surface area contributed by atoms with Crippen molar-refractivity contribution in [2.75, 3.05) is 6.54 Å². The number of ether oxygens (including phenoxy) is 1. The Hall–Kier alpha value is -2.27. The molecule has 1 atom stereocenters. The molecule has 0 fully saturated rings. The van der Waals surface area contributed by atoms with E-state index in [-0.39, 0.29) is 12.0 Å². The van der Waals surface area contributed by atoms with Crippen LogP contribution in [0.15, 0.2) is 47.1 Å². The lowest BCUT2D eigenvalue weighted by Gasteiger charge is -2.11. The van der Waals surface area contributed by atoms with Crippen molar-refractivity contribution in [3.8, 4) is 5.75 Å². The zero-order chi connectivity index (χ0) is 15.9. The van der Waals surface area contributed by atoms with Gasteiger partial charge in [0.25, 0.3) is 5.91 Å². The first-order valence-corrected chi connectivity index (χ1v) is 7.32. The van der Waals surface area contributed by atoms with E-state index in [1.165, 1.54) is 6.26 Å². The predicted molar refractivity (Wildman–Crippen MR) is 82.8 cm³/mol. The molecule has 1 aromatic heterocycles. The van der Waals surface area contributed by atoms with E-state index in [0.29, 0.717) is 24.3 Å². The van der Waals surface area contributed by atoms with Gasteiger partial charge < -0.3 is 19.6 Å². The van der Waals surface area contributed by atoms with Crippen LogP contribution >= 0.6 is 0 Å². The van der Waals surface area contributed by atoms with Gasteiger partial charge in [-0.1, -0.05) is 0 Å². The lowest BCUT2D eigenvalue weighted by Crippen LogP contribution is -2.25. The van der Waals surface area contributed by atoms with Gasteiger partial charge in [0.2, 0.25) is 0 Å². The van der Waals surface area contributed by atoms with Gasteiger partial charge in [0.15, 0.2) is 0 Å². The lowest BCUT2D eigenvalue weighted by atomic mass is 10.2. The summed E-state index contributed by atoms with van der Waals surface area (Å²) in [4.78, 5) is 12.0. The lowest BCUT2D eigenvalue weighted by molar-refractivity contribution is 0.0936. The van der Waals surface area contributed by atoms with E-state index < -0.39 is 6.10 Å². The molecular weight excluding hydrogens is 282 g/mol. The smallest absolute Gasteiger partial charge is 0.251 e. The van der Waals surface area contributed by atoms with E-state index in [1.807, 2.05) is 13.8 Å². The summed E-state index contributed by atoms with van der Waals surface area (Å²) in [6.07, 6.45) is 1.30. The summed E-state index contributed by atoms with van der Waals surface area (Å²) in [6.45, 7) is 4.26. The topological polar surface area (TPSA) is 71.7 Å². The number of hydrogen-bond donors (Lipinski definition) is 2. The van der Waals surface area contributed by atoms with E-state index in [2.05, 4.69) is 5.32 Å². The number of rotatable bonds is 7. The highest BCUT2D eigenvalue weighted by atomic mass is 16.5. The van der Waals surface area contributed by atoms with E-state index in [9.17, 15) is 9.90 Å². The molecule has 1 unspecified atom stereocenters. The van der Waals surface area contributed by atoms with Gasteiger partial charge in [-0.2, -0.15) is 0 Å². The average Bonchev–Trinajstić information content (AvgIpc) is 3.01. The van der Waals surface area contributed by atoms with Gasteiger partial charge in [-0.25, -0.2) is 0 Å². The number of amides is 1. The Labute approximate surface area is 129 Å². The van der Waals surface area contributed by atoms with Crippen LogP contribution in [0.25, 0.3) is 0 Å². The fourth-order valence-corrected chi connectivity index (χ4v) is 2.00. The minimum atomic E-state index is -0.711. The highest BCUT2D eigenvalue weighted by molar-refractivity contribution is 5.94. The fourth-order valence-electron chi connectivity index (χ4n) is 2.00. The maximum atomic E-state index is 12.0. The summed E-state index contributed by atoms with van der Waals surface area (Å²) in [5, 5.41) is 12.6. The first-order chi connectivity index (χ1) is 10.6. The molecule has 1 heterocycles. The molecule has 2 aromatic rings. The highest BCUT2D eigenvalue weighted by Crippen LogP contribution is 2.16. The Morgan fingerprint density at radius 3 is 2.59 bits per heavy atom. The summed E-state index contributed by atoms with van der Waals surface area (Å²) in [5.41, 5.74) is 0.559. The normalized spacial score (nSPS) is 12.2. The number of carbonyl (C=O) groups is 1. The molecule has 0 saturated carbocycles. The molecule has 0 saturated heterocycles. The summed E-state index contributed by atoms with van der Waals surface area (Å²) in [6, 6.07) is 10.4. The van der Waals surface area contributed by atoms with Gasteiger partial charge in [0.05, 0.1) is 12.4 Å². The Morgan fingerprint density at radius 1 is 1.27 bits per heavy atom. The molecule has 5 heteroatoms. The SMILES string of the molecule is CC(C)Oc1ccc(C(=O)NCCC(O)c2ccco2)cc1. The van der Waals surface area contributed by atoms with E-state index in [1.54, 1.807) is 36.4 Å². The third kappa shape index (κ3) is 4.63. The van der Waals surface area contributed by atoms with Crippen LogP contribution in [-0.2, 0) is 0 Å². The predicted octanol–water partition coefficient (Wildman–Crippen LogP) is 2.92. The van der Waals surface area contributed by atoms with Crippen molar-refractivity contribution in [1.29, 1.82) is 0 Å². The van der Waals surface area contributed by atoms with Crippen LogP contribution in [0, 0.1) is 0 Å². The zero-order valence-electron chi connectivity index (χ0n) is 12.8. The van der Waals surface area contributed by atoms with Crippen LogP contribution in [-0.4, -0.2) is 23.7 Å². The van der Waals surface area contributed by atoms with Crippen molar-refractivity contribution >= 4 is 5.91 Å². The Morgan fingerprint density at radius 2 is 2.00 bits per heavy atom. The molecule has 2 N–H and O–H groups in total. The summed E-state index contributed by atoms with van der Waals surface area (Å²) in [7, 11) is 0. The Bertz CT molecular complexity index is 575. The molecule has 0 radical (unpaired) electrons. The second-order valence-electron chi connectivity index (χ2n) is 5.27. The molecule has 1 amide bonds. The molecule has 5 nitrogen and oxygen atoms in total. The third-order valence-corrected chi connectivity index (χ3v) is 3.06. The molecule has 0 aliphatic heterocycles. The van der Waals surface area contributed by atoms with Gasteiger partial charge in [0.1, 0.15) is 17.6 Å². The molecule has 22 heavy (non-hydrogen) atoms. The van der Waals surface area contributed by atoms with Crippen molar-refractivity contribution in [2.45, 2.75) is 32.5 Å². The van der Waals surface area contributed by atoms with Gasteiger partial charge in [-0.3, -0.25) is 4.79 Å². The largest absolute Gasteiger partial charge is 0.491 e. The Balaban J connectivity index is 1.79. The van der Waals surface area contributed by atoms with Crippen molar-refractivity contribution in [3.05, 3.63) is 54.0 Å². The quantitative estimate of drug-likeness (QED) is 0.825. The summed E-state index contributed by atoms with van der Waals surface area (Å²) >= 11 is 0. The van der Waals surface area contributed by atoms with Crippen molar-refractivity contribution in [3.63, 3.8) is 0 Å². The van der Waals surface area contributed by atoms with Crippen LogP contribution in [0.2, 0.25) is 0 Å². The maximum Gasteiger partial charge on any atom is 0.251 e. The number of benzene rings is 1. The number of aliphatic hydroxyl groups excluding tert-OH is 1. The molecule has 1 aromatic carbocycles. The standard InChI is InChI=1S/C17H21NO4/c1-12(2)22-14-7-5-13(6-8-14)17(20)18-10-9-15(19)16-4-3-11-21-16/h3-8,11-12,15,19H,9-10H2,1-2H3,(H,18,20). The number of nitrogens with one attached hydrogen (secondary N) is 1. The minimum Gasteiger partial charge on any atom is -0.491 e. The van der Waals surface area contributed by atoms with Crippen LogP contribution in [0.3, 0.4) is 0 Å². The first-order valence-electron chi connectivity index (χ1n) is 7.32. The van der Waals surface area contributed by atoms with E-state index in [0.717, 1.165) is 5.75 Å². The number of aliphatic hydroxyl groups is 1. The number of carbonyl (C=O) groups excluding carboxylic acids is 1. The maximum absolute atomic E-state index is 12.0. The number of hydrogen-bond acceptors (Lipinski definition) is 4. The first kappa shape index (κ1) is 16.1. The van der Waals surface area contributed by atoms with Crippen LogP contribution in [0.4, 0.5) is 0 Å². The molecule has 0 aliphatic rings. The van der Waals surface area contributed by atoms with Crippen LogP contribution in [0.1, 0.15) is 42.5 Å². The van der Waals surface area contributed by atoms with Crippen molar-refractivity contribution in [2.24, 2.45) is 0 Å². The monoisotopic (exact) mass is 303 g/mol. The van der Waals surface area contributed by atoms with Crippen LogP contribution in [0.5, 0.6) is 5.75 Å². The van der Waals surface area contributed by atoms with Crippen molar-refractivity contribution < 1.29 is 19.1 Å². The highest BCUT2D eigenvalue weighted by Gasteiger charge is 2.11. The zero-order valence-corrected chi connectivity index (χ0v) is 12.8. The van der Waals surface area contributed by atoms with Gasteiger partial charge in [-0.15, -0.1) is 0 Å².